The van der Waals surface area contributed by atoms with Crippen LogP contribution in [-0.2, 0) is 0 Å². The van der Waals surface area contributed by atoms with Crippen LogP contribution >= 0.6 is 0 Å². The summed E-state index contributed by atoms with van der Waals surface area (Å²) in [6.45, 7) is 11.4. The first-order valence-electron chi connectivity index (χ1n) is 6.70. The lowest BCUT2D eigenvalue weighted by Gasteiger charge is -2.23. The van der Waals surface area contributed by atoms with E-state index in [-0.39, 0.29) is 5.41 Å². The smallest absolute Gasteiger partial charge is 0.144 e. The summed E-state index contributed by atoms with van der Waals surface area (Å²) in [4.78, 5) is 2.31. The maximum absolute atomic E-state index is 8.67. The van der Waals surface area contributed by atoms with Crippen molar-refractivity contribution in [1.82, 2.24) is 10.2 Å². The predicted molar refractivity (Wildman–Crippen MR) is 77.1 cm³/mol. The second-order valence-corrected chi connectivity index (χ2v) is 5.80. The van der Waals surface area contributed by atoms with Gasteiger partial charge in [-0.3, -0.25) is 0 Å². The van der Waals surface area contributed by atoms with Gasteiger partial charge in [-0.25, -0.2) is 0 Å². The minimum Gasteiger partial charge on any atom is -0.409 e. The molecule has 0 heterocycles. The lowest BCUT2D eigenvalue weighted by atomic mass is 9.86. The second-order valence-electron chi connectivity index (χ2n) is 5.80. The zero-order valence-corrected chi connectivity index (χ0v) is 12.5. The second kappa shape index (κ2) is 8.32. The minimum absolute atomic E-state index is 0.231. The Bertz CT molecular complexity index is 251. The zero-order valence-electron chi connectivity index (χ0n) is 12.5. The fourth-order valence-electron chi connectivity index (χ4n) is 1.56. The molecule has 0 aliphatic carbocycles. The third-order valence-electron chi connectivity index (χ3n) is 3.48. The summed E-state index contributed by atoms with van der Waals surface area (Å²) in [6, 6.07) is 0.589. The van der Waals surface area contributed by atoms with E-state index in [4.69, 9.17) is 10.9 Å². The number of nitrogens with zero attached hydrogens (tertiary/aromatic N) is 2. The molecule has 0 spiro atoms. The molecule has 0 fully saturated rings. The molecule has 0 aliphatic heterocycles. The van der Waals surface area contributed by atoms with E-state index in [2.05, 4.69) is 36.3 Å². The van der Waals surface area contributed by atoms with Crippen molar-refractivity contribution in [3.63, 3.8) is 0 Å². The maximum Gasteiger partial charge on any atom is 0.144 e. The average molecular weight is 258 g/mol. The van der Waals surface area contributed by atoms with Gasteiger partial charge in [0, 0.05) is 24.5 Å². The third kappa shape index (κ3) is 6.81. The quantitative estimate of drug-likeness (QED) is 0.192. The van der Waals surface area contributed by atoms with E-state index < -0.39 is 0 Å². The van der Waals surface area contributed by atoms with Crippen LogP contribution in [0.5, 0.6) is 0 Å². The molecule has 0 aliphatic rings. The van der Waals surface area contributed by atoms with Gasteiger partial charge in [0.2, 0.25) is 0 Å². The van der Waals surface area contributed by atoms with Crippen molar-refractivity contribution in [3.05, 3.63) is 0 Å². The molecule has 0 aromatic heterocycles. The van der Waals surface area contributed by atoms with Gasteiger partial charge in [0.05, 0.1) is 0 Å². The van der Waals surface area contributed by atoms with Crippen molar-refractivity contribution in [3.8, 4) is 0 Å². The first kappa shape index (κ1) is 17.2. The Morgan fingerprint density at radius 1 is 1.39 bits per heavy atom. The molecule has 5 heteroatoms. The number of likely N-dealkylation sites (N-methyl/N-ethyl adjacent to an activating group) is 1. The van der Waals surface area contributed by atoms with Gasteiger partial charge in [0.25, 0.3) is 0 Å². The van der Waals surface area contributed by atoms with Crippen LogP contribution in [0.1, 0.15) is 40.5 Å². The topological polar surface area (TPSA) is 73.9 Å². The average Bonchev–Trinajstić information content (AvgIpc) is 2.31. The molecule has 0 aromatic rings. The van der Waals surface area contributed by atoms with Crippen molar-refractivity contribution < 1.29 is 5.21 Å². The molecule has 0 bridgehead atoms. The van der Waals surface area contributed by atoms with Crippen molar-refractivity contribution in [1.29, 1.82) is 0 Å². The Morgan fingerprint density at radius 2 is 2.00 bits per heavy atom. The fourth-order valence-corrected chi connectivity index (χ4v) is 1.56. The van der Waals surface area contributed by atoms with Crippen LogP contribution in [0.2, 0.25) is 0 Å². The number of amidine groups is 1. The molecule has 108 valence electrons. The van der Waals surface area contributed by atoms with Crippen LogP contribution < -0.4 is 11.1 Å². The molecule has 0 rings (SSSR count). The third-order valence-corrected chi connectivity index (χ3v) is 3.48. The molecule has 4 N–H and O–H groups in total. The summed E-state index contributed by atoms with van der Waals surface area (Å²) in [6.07, 6.45) is 1.94. The molecule has 0 aromatic carbocycles. The van der Waals surface area contributed by atoms with Gasteiger partial charge >= 0.3 is 0 Å². The highest BCUT2D eigenvalue weighted by Gasteiger charge is 2.22. The normalized spacial score (nSPS) is 13.6. The number of hydrogen-bond acceptors (Lipinski definition) is 4. The molecule has 0 amide bonds. The fraction of sp³-hybridized carbons (Fsp3) is 0.923. The number of oxime groups is 1. The predicted octanol–water partition coefficient (Wildman–Crippen LogP) is 1.47. The molecule has 0 saturated carbocycles. The number of nitrogens with two attached hydrogens (primary N) is 1. The van der Waals surface area contributed by atoms with E-state index >= 15 is 0 Å². The lowest BCUT2D eigenvalue weighted by Crippen LogP contribution is -2.35. The highest BCUT2D eigenvalue weighted by Crippen LogP contribution is 2.21. The summed E-state index contributed by atoms with van der Waals surface area (Å²) >= 11 is 0. The van der Waals surface area contributed by atoms with E-state index in [9.17, 15) is 0 Å². The van der Waals surface area contributed by atoms with Crippen LogP contribution in [0, 0.1) is 5.41 Å². The van der Waals surface area contributed by atoms with Crippen molar-refractivity contribution in [2.45, 2.75) is 46.6 Å². The van der Waals surface area contributed by atoms with Gasteiger partial charge in [-0.1, -0.05) is 19.0 Å². The molecule has 0 saturated heterocycles. The summed E-state index contributed by atoms with van der Waals surface area (Å²) in [5.74, 6) is 0.307. The van der Waals surface area contributed by atoms with Crippen LogP contribution in [-0.4, -0.2) is 48.7 Å². The largest absolute Gasteiger partial charge is 0.409 e. The number of rotatable bonds is 9. The standard InChI is InChI=1S/C13H30N4O/c1-11(2)17(5)10-9-15-8-6-7-13(3,4)12(14)16-18/h11,15,18H,6-10H2,1-5H3,(H2,14,16). The Morgan fingerprint density at radius 3 is 2.50 bits per heavy atom. The Labute approximate surface area is 111 Å². The van der Waals surface area contributed by atoms with Crippen LogP contribution in [0.15, 0.2) is 5.16 Å². The monoisotopic (exact) mass is 258 g/mol. The summed E-state index contributed by atoms with van der Waals surface area (Å²) in [5.41, 5.74) is 5.41. The number of hydrogen-bond donors (Lipinski definition) is 3. The van der Waals surface area contributed by atoms with E-state index in [0.29, 0.717) is 11.9 Å². The Kier molecular flexibility index (Phi) is 7.95. The van der Waals surface area contributed by atoms with Crippen LogP contribution in [0.3, 0.4) is 0 Å². The zero-order chi connectivity index (χ0) is 14.2. The highest BCUT2D eigenvalue weighted by atomic mass is 16.4. The lowest BCUT2D eigenvalue weighted by molar-refractivity contribution is 0.272. The van der Waals surface area contributed by atoms with Gasteiger partial charge in [0.15, 0.2) is 0 Å². The van der Waals surface area contributed by atoms with E-state index in [1.807, 2.05) is 13.8 Å². The highest BCUT2D eigenvalue weighted by molar-refractivity contribution is 5.85. The molecule has 18 heavy (non-hydrogen) atoms. The number of nitrogens with one attached hydrogen (secondary N) is 1. The van der Waals surface area contributed by atoms with Gasteiger partial charge in [-0.2, -0.15) is 0 Å². The van der Waals surface area contributed by atoms with E-state index in [0.717, 1.165) is 32.5 Å². The maximum atomic E-state index is 8.67. The van der Waals surface area contributed by atoms with Crippen LogP contribution in [0.25, 0.3) is 0 Å². The van der Waals surface area contributed by atoms with Gasteiger partial charge in [-0.05, 0) is 40.3 Å². The first-order chi connectivity index (χ1) is 8.31. The molecule has 5 nitrogen and oxygen atoms in total. The van der Waals surface area contributed by atoms with Gasteiger partial charge in [0.1, 0.15) is 5.84 Å². The summed E-state index contributed by atoms with van der Waals surface area (Å²) in [7, 11) is 2.13. The minimum atomic E-state index is -0.231. The molecule has 0 radical (unpaired) electrons. The molecule has 0 unspecified atom stereocenters. The SMILES string of the molecule is CC(C)N(C)CCNCCCC(C)(C)C(N)=NO. The first-order valence-corrected chi connectivity index (χ1v) is 6.70. The van der Waals surface area contributed by atoms with E-state index in [1.165, 1.54) is 0 Å². The molecular weight excluding hydrogens is 228 g/mol. The summed E-state index contributed by atoms with van der Waals surface area (Å²) in [5, 5.41) is 15.2. The Balaban J connectivity index is 3.63. The summed E-state index contributed by atoms with van der Waals surface area (Å²) < 4.78 is 0. The van der Waals surface area contributed by atoms with Gasteiger partial charge in [-0.15, -0.1) is 0 Å². The Hall–Kier alpha value is -0.810. The molecule has 0 atom stereocenters. The van der Waals surface area contributed by atoms with Gasteiger partial charge < -0.3 is 21.2 Å². The molecular formula is C13H30N4O. The van der Waals surface area contributed by atoms with Crippen molar-refractivity contribution >= 4 is 5.84 Å². The van der Waals surface area contributed by atoms with Crippen molar-refractivity contribution in [2.75, 3.05) is 26.7 Å². The van der Waals surface area contributed by atoms with Crippen molar-refractivity contribution in [2.24, 2.45) is 16.3 Å². The van der Waals surface area contributed by atoms with Crippen LogP contribution in [0.4, 0.5) is 0 Å². The van der Waals surface area contributed by atoms with E-state index in [1.54, 1.807) is 0 Å².